The van der Waals surface area contributed by atoms with Crippen molar-refractivity contribution in [2.45, 2.75) is 4.90 Å². The molecular formula is C8H10CaO4S. The Hall–Kier alpha value is -0.100. The van der Waals surface area contributed by atoms with Crippen LogP contribution in [0.1, 0.15) is 0 Å². The molecule has 1 N–H and O–H groups in total. The summed E-state index contributed by atoms with van der Waals surface area (Å²) in [6, 6.07) is 7.51. The third-order valence-corrected chi connectivity index (χ3v) is 3.03. The maximum atomic E-state index is 11.3. The molecule has 1 rings (SSSR count). The van der Waals surface area contributed by atoms with Crippen molar-refractivity contribution in [3.8, 4) is 0 Å². The Labute approximate surface area is 112 Å². The van der Waals surface area contributed by atoms with Crippen molar-refractivity contribution in [3.05, 3.63) is 30.3 Å². The van der Waals surface area contributed by atoms with Gasteiger partial charge in [0.25, 0.3) is 0 Å². The van der Waals surface area contributed by atoms with Gasteiger partial charge in [0.15, 0.2) is 15.6 Å². The van der Waals surface area contributed by atoms with E-state index in [1.807, 2.05) is 0 Å². The summed E-state index contributed by atoms with van der Waals surface area (Å²) in [6.07, 6.45) is 0. The second-order valence-electron chi connectivity index (χ2n) is 2.47. The van der Waals surface area contributed by atoms with Gasteiger partial charge in [0.05, 0.1) is 4.90 Å². The summed E-state index contributed by atoms with van der Waals surface area (Å²) in [5, 5.41) is 8.33. The summed E-state index contributed by atoms with van der Waals surface area (Å²) >= 11 is 0. The van der Waals surface area contributed by atoms with Crippen LogP contribution in [0.2, 0.25) is 0 Å². The van der Waals surface area contributed by atoms with Gasteiger partial charge in [-0.1, -0.05) is 18.2 Å². The van der Waals surface area contributed by atoms with E-state index in [9.17, 15) is 13.2 Å². The molecule has 0 unspecified atom stereocenters. The van der Waals surface area contributed by atoms with Gasteiger partial charge in [-0.15, -0.1) is 0 Å². The first kappa shape index (κ1) is 13.9. The normalized spacial score (nSPS) is 10.3. The summed E-state index contributed by atoms with van der Waals surface area (Å²) in [4.78, 5) is 10.2. The number of rotatable bonds is 3. The zero-order chi connectivity index (χ0) is 9.90. The summed E-state index contributed by atoms with van der Waals surface area (Å²) in [5.74, 6) is -2.21. The minimum absolute atomic E-state index is 0. The summed E-state index contributed by atoms with van der Waals surface area (Å²) < 4.78 is 22.5. The van der Waals surface area contributed by atoms with E-state index in [0.29, 0.717) is 0 Å². The average Bonchev–Trinajstić information content (AvgIpc) is 2.04. The Morgan fingerprint density at radius 1 is 1.21 bits per heavy atom. The van der Waals surface area contributed by atoms with Gasteiger partial charge in [-0.2, -0.15) is 0 Å². The molecule has 14 heavy (non-hydrogen) atoms. The first-order valence-corrected chi connectivity index (χ1v) is 5.17. The van der Waals surface area contributed by atoms with Gasteiger partial charge in [-0.3, -0.25) is 4.79 Å². The van der Waals surface area contributed by atoms with Crippen LogP contribution in [0, 0.1) is 0 Å². The Morgan fingerprint density at radius 3 is 2.14 bits per heavy atom. The molecule has 0 aliphatic carbocycles. The third-order valence-electron chi connectivity index (χ3n) is 1.42. The predicted octanol–water partition coefficient (Wildman–Crippen LogP) is -0.371. The first-order valence-electron chi connectivity index (χ1n) is 3.52. The molecule has 0 fully saturated rings. The summed E-state index contributed by atoms with van der Waals surface area (Å²) in [7, 11) is -3.66. The van der Waals surface area contributed by atoms with Crippen LogP contribution in [-0.4, -0.2) is 63.0 Å². The molecule has 0 radical (unpaired) electrons. The number of carboxylic acid groups (broad SMARTS) is 1. The van der Waals surface area contributed by atoms with Gasteiger partial charge in [-0.25, -0.2) is 8.42 Å². The molecule has 1 aromatic rings. The molecule has 0 aliphatic rings. The van der Waals surface area contributed by atoms with Gasteiger partial charge < -0.3 is 5.11 Å². The van der Waals surface area contributed by atoms with E-state index in [0.717, 1.165) is 0 Å². The number of carbonyl (C=O) groups is 1. The summed E-state index contributed by atoms with van der Waals surface area (Å²) in [6.45, 7) is 0. The van der Waals surface area contributed by atoms with Gasteiger partial charge >= 0.3 is 43.7 Å². The standard InChI is InChI=1S/C8H8O4S.Ca.2H/c9-8(10)6-13(11,12)7-4-2-1-3-5-7;;;/h1-5H,6H2,(H,9,10);;;. The van der Waals surface area contributed by atoms with Crippen LogP contribution in [0.25, 0.3) is 0 Å². The number of carboxylic acids is 1. The van der Waals surface area contributed by atoms with Crippen molar-refractivity contribution in [3.63, 3.8) is 0 Å². The van der Waals surface area contributed by atoms with Crippen LogP contribution < -0.4 is 0 Å². The summed E-state index contributed by atoms with van der Waals surface area (Å²) in [5.41, 5.74) is 0. The topological polar surface area (TPSA) is 71.4 Å². The van der Waals surface area contributed by atoms with Crippen molar-refractivity contribution in [1.82, 2.24) is 0 Å². The van der Waals surface area contributed by atoms with Crippen LogP contribution in [0.4, 0.5) is 0 Å². The molecule has 0 amide bonds. The van der Waals surface area contributed by atoms with Gasteiger partial charge in [0.1, 0.15) is 0 Å². The number of benzene rings is 1. The Morgan fingerprint density at radius 2 is 1.71 bits per heavy atom. The van der Waals surface area contributed by atoms with Crippen molar-refractivity contribution in [2.24, 2.45) is 0 Å². The van der Waals surface area contributed by atoms with Crippen molar-refractivity contribution >= 4 is 53.5 Å². The fourth-order valence-corrected chi connectivity index (χ4v) is 1.94. The SMILES string of the molecule is O=C(O)CS(=O)(=O)c1ccccc1.[CaH2]. The van der Waals surface area contributed by atoms with E-state index >= 15 is 0 Å². The quantitative estimate of drug-likeness (QED) is 0.734. The molecule has 0 heterocycles. The molecule has 0 aromatic heterocycles. The number of hydrogen-bond acceptors (Lipinski definition) is 3. The Kier molecular flexibility index (Phi) is 5.66. The van der Waals surface area contributed by atoms with Gasteiger partial charge in [0.2, 0.25) is 0 Å². The second-order valence-corrected chi connectivity index (χ2v) is 4.46. The molecule has 0 aliphatic heterocycles. The molecule has 0 atom stereocenters. The number of sulfone groups is 1. The van der Waals surface area contributed by atoms with Crippen LogP contribution in [-0.2, 0) is 14.6 Å². The zero-order valence-corrected chi connectivity index (χ0v) is 7.49. The average molecular weight is 242 g/mol. The second kappa shape index (κ2) is 5.70. The molecule has 0 bridgehead atoms. The third kappa shape index (κ3) is 3.96. The van der Waals surface area contributed by atoms with Crippen molar-refractivity contribution in [1.29, 1.82) is 0 Å². The van der Waals surface area contributed by atoms with Crippen LogP contribution in [0.5, 0.6) is 0 Å². The van der Waals surface area contributed by atoms with Crippen LogP contribution >= 0.6 is 0 Å². The maximum absolute atomic E-state index is 11.3. The van der Waals surface area contributed by atoms with E-state index in [1.54, 1.807) is 18.2 Å². The Bertz CT molecular complexity index is 399. The van der Waals surface area contributed by atoms with E-state index in [4.69, 9.17) is 5.11 Å². The monoisotopic (exact) mass is 242 g/mol. The molecule has 4 nitrogen and oxygen atoms in total. The van der Waals surface area contributed by atoms with Gasteiger partial charge in [-0.05, 0) is 12.1 Å². The molecule has 0 saturated carbocycles. The molecule has 1 aromatic carbocycles. The van der Waals surface area contributed by atoms with Crippen LogP contribution in [0.15, 0.2) is 35.2 Å². The molecular weight excluding hydrogens is 232 g/mol. The van der Waals surface area contributed by atoms with E-state index < -0.39 is 21.6 Å². The number of hydrogen-bond donors (Lipinski definition) is 1. The van der Waals surface area contributed by atoms with Gasteiger partial charge in [0, 0.05) is 0 Å². The Balaban J connectivity index is 0.00000169. The molecule has 6 heteroatoms. The molecule has 74 valence electrons. The fourth-order valence-electron chi connectivity index (χ4n) is 0.874. The van der Waals surface area contributed by atoms with Crippen molar-refractivity contribution < 1.29 is 18.3 Å². The van der Waals surface area contributed by atoms with E-state index in [2.05, 4.69) is 0 Å². The predicted molar refractivity (Wildman–Crippen MR) is 54.7 cm³/mol. The first-order chi connectivity index (χ1) is 6.02. The molecule has 0 spiro atoms. The van der Waals surface area contributed by atoms with E-state index in [1.165, 1.54) is 12.1 Å². The van der Waals surface area contributed by atoms with Crippen LogP contribution in [0.3, 0.4) is 0 Å². The fraction of sp³-hybridized carbons (Fsp3) is 0.125. The minimum atomic E-state index is -3.66. The molecule has 0 saturated heterocycles. The van der Waals surface area contributed by atoms with Crippen molar-refractivity contribution in [2.75, 3.05) is 5.75 Å². The zero-order valence-electron chi connectivity index (χ0n) is 6.67. The number of aliphatic carboxylic acids is 1. The van der Waals surface area contributed by atoms with E-state index in [-0.39, 0.29) is 42.6 Å².